The lowest BCUT2D eigenvalue weighted by Gasteiger charge is -2.34. The van der Waals surface area contributed by atoms with E-state index < -0.39 is 10.0 Å². The number of amides is 1. The van der Waals surface area contributed by atoms with Gasteiger partial charge in [-0.1, -0.05) is 35.9 Å². The molecular weight excluding hydrogens is 500 g/mol. The molecule has 1 fully saturated rings. The lowest BCUT2D eigenvalue weighted by Crippen LogP contribution is -2.50. The Kier molecular flexibility index (Phi) is 6.25. The van der Waals surface area contributed by atoms with Crippen molar-refractivity contribution >= 4 is 50.1 Å². The molecule has 1 aromatic heterocycles. The van der Waals surface area contributed by atoms with Crippen LogP contribution in [0.4, 0.5) is 11.8 Å². The minimum Gasteiger partial charge on any atom is -0.384 e. The normalized spacial score (nSPS) is 14.8. The van der Waals surface area contributed by atoms with Crippen molar-refractivity contribution < 1.29 is 13.2 Å². The summed E-state index contributed by atoms with van der Waals surface area (Å²) < 4.78 is 27.9. The molecule has 3 aromatic carbocycles. The third kappa shape index (κ3) is 4.70. The van der Waals surface area contributed by atoms with E-state index in [0.717, 1.165) is 16.3 Å². The van der Waals surface area contributed by atoms with E-state index in [1.54, 1.807) is 71.6 Å². The van der Waals surface area contributed by atoms with Crippen LogP contribution < -0.4 is 11.5 Å². The molecular formula is C25H23ClN6O3S. The number of fused-ring (bicyclic) bond motifs is 1. The van der Waals surface area contributed by atoms with Gasteiger partial charge in [-0.15, -0.1) is 0 Å². The number of carbonyl (C=O) groups is 1. The fraction of sp³-hybridized carbons (Fsp3) is 0.160. The number of hydrogen-bond acceptors (Lipinski definition) is 7. The molecule has 0 saturated carbocycles. The molecule has 0 radical (unpaired) electrons. The number of nitrogens with zero attached hydrogens (tertiary/aromatic N) is 4. The molecule has 0 unspecified atom stereocenters. The number of nitrogen functional groups attached to an aromatic ring is 2. The van der Waals surface area contributed by atoms with Gasteiger partial charge in [-0.3, -0.25) is 4.79 Å². The van der Waals surface area contributed by atoms with Crippen molar-refractivity contribution in [3.05, 3.63) is 77.3 Å². The highest BCUT2D eigenvalue weighted by molar-refractivity contribution is 7.89. The number of rotatable bonds is 4. The molecule has 0 spiro atoms. The first kappa shape index (κ1) is 24.0. The van der Waals surface area contributed by atoms with Gasteiger partial charge in [-0.25, -0.2) is 13.4 Å². The van der Waals surface area contributed by atoms with Crippen LogP contribution in [0.5, 0.6) is 0 Å². The molecule has 0 atom stereocenters. The number of benzene rings is 3. The first-order valence-corrected chi connectivity index (χ1v) is 13.0. The van der Waals surface area contributed by atoms with E-state index in [2.05, 4.69) is 9.97 Å². The summed E-state index contributed by atoms with van der Waals surface area (Å²) in [6.45, 7) is 1.01. The number of sulfonamides is 1. The maximum absolute atomic E-state index is 13.2. The van der Waals surface area contributed by atoms with Crippen LogP contribution in [0.25, 0.3) is 22.0 Å². The van der Waals surface area contributed by atoms with Crippen LogP contribution in [0.1, 0.15) is 10.4 Å². The van der Waals surface area contributed by atoms with Crippen molar-refractivity contribution in [3.63, 3.8) is 0 Å². The van der Waals surface area contributed by atoms with Crippen LogP contribution in [-0.4, -0.2) is 59.7 Å². The Balaban J connectivity index is 1.27. The number of carbonyl (C=O) groups excluding carboxylic acids is 1. The Bertz CT molecular complexity index is 1550. The van der Waals surface area contributed by atoms with Gasteiger partial charge in [-0.05, 0) is 47.2 Å². The Morgan fingerprint density at radius 2 is 1.50 bits per heavy atom. The highest BCUT2D eigenvalue weighted by Gasteiger charge is 2.30. The zero-order chi connectivity index (χ0) is 25.4. The van der Waals surface area contributed by atoms with Crippen molar-refractivity contribution in [2.45, 2.75) is 4.90 Å². The lowest BCUT2D eigenvalue weighted by atomic mass is 10.1. The van der Waals surface area contributed by atoms with Gasteiger partial charge in [0.25, 0.3) is 5.91 Å². The summed E-state index contributed by atoms with van der Waals surface area (Å²) in [7, 11) is -3.69. The van der Waals surface area contributed by atoms with Crippen molar-refractivity contribution in [1.82, 2.24) is 19.2 Å². The van der Waals surface area contributed by atoms with Crippen LogP contribution >= 0.6 is 11.6 Å². The second kappa shape index (κ2) is 9.38. The summed E-state index contributed by atoms with van der Waals surface area (Å²) in [6, 6.07) is 18.9. The average Bonchev–Trinajstić information content (AvgIpc) is 2.87. The van der Waals surface area contributed by atoms with Crippen LogP contribution in [0.2, 0.25) is 5.02 Å². The Morgan fingerprint density at radius 3 is 2.19 bits per heavy atom. The maximum Gasteiger partial charge on any atom is 0.253 e. The van der Waals surface area contributed by atoms with Crippen LogP contribution in [0, 0.1) is 0 Å². The highest BCUT2D eigenvalue weighted by atomic mass is 35.5. The predicted molar refractivity (Wildman–Crippen MR) is 140 cm³/mol. The van der Waals surface area contributed by atoms with Gasteiger partial charge in [0.15, 0.2) is 0 Å². The van der Waals surface area contributed by atoms with Gasteiger partial charge in [0.05, 0.1) is 10.6 Å². The van der Waals surface area contributed by atoms with Crippen LogP contribution in [-0.2, 0) is 10.0 Å². The summed E-state index contributed by atoms with van der Waals surface area (Å²) in [6.07, 6.45) is 0. The molecule has 5 rings (SSSR count). The first-order valence-electron chi connectivity index (χ1n) is 11.2. The molecule has 0 bridgehead atoms. The van der Waals surface area contributed by atoms with E-state index in [4.69, 9.17) is 23.1 Å². The second-order valence-electron chi connectivity index (χ2n) is 8.46. The molecule has 1 aliphatic rings. The first-order chi connectivity index (χ1) is 17.2. The number of anilines is 2. The molecule has 4 aromatic rings. The zero-order valence-electron chi connectivity index (χ0n) is 19.1. The Morgan fingerprint density at radius 1 is 0.833 bits per heavy atom. The summed E-state index contributed by atoms with van der Waals surface area (Å²) >= 11 is 6.03. The van der Waals surface area contributed by atoms with E-state index in [1.807, 2.05) is 0 Å². The zero-order valence-corrected chi connectivity index (χ0v) is 20.7. The van der Waals surface area contributed by atoms with Crippen molar-refractivity contribution in [2.24, 2.45) is 0 Å². The van der Waals surface area contributed by atoms with E-state index in [0.29, 0.717) is 29.4 Å². The van der Waals surface area contributed by atoms with E-state index >= 15 is 0 Å². The van der Waals surface area contributed by atoms with E-state index in [1.165, 1.54) is 4.31 Å². The summed E-state index contributed by atoms with van der Waals surface area (Å²) in [4.78, 5) is 22.9. The number of nitrogens with two attached hydrogens (primary N) is 2. The molecule has 0 aliphatic carbocycles. The minimum atomic E-state index is -3.69. The van der Waals surface area contributed by atoms with E-state index in [-0.39, 0.29) is 35.7 Å². The summed E-state index contributed by atoms with van der Waals surface area (Å²) in [5, 5.41) is 2.26. The standard InChI is InChI=1S/C25H23ClN6O3S/c26-20-7-5-19-14-21(8-6-18(19)13-20)36(34,35)32-11-9-31(10-12-32)24(33)17-3-1-16(2-4-17)22-15-23(27)30-25(28)29-22/h1-8,13-15H,9-12H2,(H4,27,28,29,30). The maximum atomic E-state index is 13.2. The van der Waals surface area contributed by atoms with Gasteiger partial charge in [0.1, 0.15) is 5.82 Å². The van der Waals surface area contributed by atoms with Crippen LogP contribution in [0.3, 0.4) is 0 Å². The molecule has 9 nitrogen and oxygen atoms in total. The van der Waals surface area contributed by atoms with Gasteiger partial charge in [0.2, 0.25) is 16.0 Å². The molecule has 1 aliphatic heterocycles. The van der Waals surface area contributed by atoms with Crippen molar-refractivity contribution in [1.29, 1.82) is 0 Å². The third-order valence-corrected chi connectivity index (χ3v) is 8.26. The fourth-order valence-corrected chi connectivity index (χ4v) is 5.87. The monoisotopic (exact) mass is 522 g/mol. The molecule has 1 saturated heterocycles. The minimum absolute atomic E-state index is 0.0751. The van der Waals surface area contributed by atoms with Crippen LogP contribution in [0.15, 0.2) is 71.6 Å². The van der Waals surface area contributed by atoms with Gasteiger partial charge >= 0.3 is 0 Å². The largest absolute Gasteiger partial charge is 0.384 e. The van der Waals surface area contributed by atoms with Crippen molar-refractivity contribution in [2.75, 3.05) is 37.6 Å². The topological polar surface area (TPSA) is 136 Å². The Labute approximate surface area is 213 Å². The molecule has 184 valence electrons. The predicted octanol–water partition coefficient (Wildman–Crippen LogP) is 3.26. The quantitative estimate of drug-likeness (QED) is 0.420. The fourth-order valence-electron chi connectivity index (χ4n) is 4.24. The molecule has 4 N–H and O–H groups in total. The van der Waals surface area contributed by atoms with Gasteiger partial charge < -0.3 is 16.4 Å². The molecule has 36 heavy (non-hydrogen) atoms. The number of aromatic nitrogens is 2. The number of hydrogen-bond donors (Lipinski definition) is 2. The number of piperazine rings is 1. The molecule has 11 heteroatoms. The number of halogens is 1. The SMILES string of the molecule is Nc1cc(-c2ccc(C(=O)N3CCN(S(=O)(=O)c4ccc5cc(Cl)ccc5c4)CC3)cc2)nc(N)n1. The van der Waals surface area contributed by atoms with E-state index in [9.17, 15) is 13.2 Å². The smallest absolute Gasteiger partial charge is 0.253 e. The third-order valence-electron chi connectivity index (χ3n) is 6.13. The summed E-state index contributed by atoms with van der Waals surface area (Å²) in [5.41, 5.74) is 13.2. The van der Waals surface area contributed by atoms with Gasteiger partial charge in [0, 0.05) is 48.4 Å². The molecule has 2 heterocycles. The Hall–Kier alpha value is -3.73. The van der Waals surface area contributed by atoms with Gasteiger partial charge in [-0.2, -0.15) is 9.29 Å². The van der Waals surface area contributed by atoms with Crippen molar-refractivity contribution in [3.8, 4) is 11.3 Å². The second-order valence-corrected chi connectivity index (χ2v) is 10.8. The summed E-state index contributed by atoms with van der Waals surface area (Å²) in [5.74, 6) is 0.174. The average molecular weight is 523 g/mol. The lowest BCUT2D eigenvalue weighted by molar-refractivity contribution is 0.0698. The molecule has 1 amide bonds. The highest BCUT2D eigenvalue weighted by Crippen LogP contribution is 2.26.